The zero-order valence-corrected chi connectivity index (χ0v) is 15.4. The molecule has 0 bridgehead atoms. The lowest BCUT2D eigenvalue weighted by molar-refractivity contribution is 0.324. The van der Waals surface area contributed by atoms with E-state index in [0.717, 1.165) is 11.1 Å². The predicted octanol–water partition coefficient (Wildman–Crippen LogP) is 2.75. The Hall–Kier alpha value is -3.22. The second-order valence-electron chi connectivity index (χ2n) is 5.44. The van der Waals surface area contributed by atoms with Crippen molar-refractivity contribution < 1.29 is 14.2 Å². The number of rotatable bonds is 7. The molecule has 0 heterocycles. The maximum absolute atomic E-state index is 7.92. The van der Waals surface area contributed by atoms with Crippen molar-refractivity contribution in [1.29, 1.82) is 5.41 Å². The Morgan fingerprint density at radius 3 is 2.15 bits per heavy atom. The summed E-state index contributed by atoms with van der Waals surface area (Å²) in [5, 5.41) is 15.1. The largest absolute Gasteiger partial charge is 0.493 e. The van der Waals surface area contributed by atoms with E-state index < -0.39 is 0 Å². The average molecular weight is 356 g/mol. The van der Waals surface area contributed by atoms with Gasteiger partial charge in [0.1, 0.15) is 0 Å². The van der Waals surface area contributed by atoms with E-state index in [9.17, 15) is 0 Å². The maximum atomic E-state index is 7.92. The predicted molar refractivity (Wildman–Crippen MR) is 102 cm³/mol. The van der Waals surface area contributed by atoms with Crippen LogP contribution in [0.3, 0.4) is 0 Å². The second-order valence-corrected chi connectivity index (χ2v) is 5.44. The van der Waals surface area contributed by atoms with Gasteiger partial charge in [-0.2, -0.15) is 5.10 Å². The summed E-state index contributed by atoms with van der Waals surface area (Å²) in [6.07, 6.45) is 0. The molecular formula is C19H24N4O3. The third kappa shape index (κ3) is 4.89. The molecule has 7 nitrogen and oxygen atoms in total. The number of methoxy groups -OCH3 is 3. The molecule has 0 aromatic heterocycles. The Bertz CT molecular complexity index is 751. The molecule has 0 aliphatic carbocycles. The molecule has 0 spiro atoms. The van der Waals surface area contributed by atoms with Gasteiger partial charge in [0, 0.05) is 12.1 Å². The van der Waals surface area contributed by atoms with Crippen LogP contribution in [0, 0.1) is 5.41 Å². The summed E-state index contributed by atoms with van der Waals surface area (Å²) < 4.78 is 16.0. The lowest BCUT2D eigenvalue weighted by Gasteiger charge is -2.14. The Morgan fingerprint density at radius 2 is 1.62 bits per heavy atom. The van der Waals surface area contributed by atoms with Crippen LogP contribution < -0.4 is 25.0 Å². The van der Waals surface area contributed by atoms with Crippen molar-refractivity contribution in [2.75, 3.05) is 21.3 Å². The normalized spacial score (nSPS) is 10.8. The van der Waals surface area contributed by atoms with Crippen LogP contribution in [-0.4, -0.2) is 33.0 Å². The molecule has 26 heavy (non-hydrogen) atoms. The fourth-order valence-electron chi connectivity index (χ4n) is 2.32. The first-order valence-corrected chi connectivity index (χ1v) is 8.06. The number of hydrazone groups is 1. The third-order valence-electron chi connectivity index (χ3n) is 3.73. The van der Waals surface area contributed by atoms with Crippen LogP contribution in [0.4, 0.5) is 0 Å². The van der Waals surface area contributed by atoms with Gasteiger partial charge in [-0.3, -0.25) is 5.41 Å². The summed E-state index contributed by atoms with van der Waals surface area (Å²) in [7, 11) is 4.69. The summed E-state index contributed by atoms with van der Waals surface area (Å²) in [4.78, 5) is 0. The van der Waals surface area contributed by atoms with E-state index in [0.29, 0.717) is 29.5 Å². The van der Waals surface area contributed by atoms with E-state index in [4.69, 9.17) is 19.6 Å². The first kappa shape index (κ1) is 19.1. The molecule has 3 N–H and O–H groups in total. The van der Waals surface area contributed by atoms with Crippen LogP contribution in [0.1, 0.15) is 18.1 Å². The molecule has 0 aliphatic heterocycles. The molecule has 0 saturated carbocycles. The standard InChI is InChI=1S/C19H24N4O3/c1-13(15-10-16(24-2)18(26-4)17(11-15)25-3)22-23-19(20)21-12-14-8-6-5-7-9-14/h5-11H,12H2,1-4H3,(H3,20,21,23). The number of guanidine groups is 1. The molecule has 0 radical (unpaired) electrons. The van der Waals surface area contributed by atoms with Gasteiger partial charge >= 0.3 is 0 Å². The fourth-order valence-corrected chi connectivity index (χ4v) is 2.32. The number of hydrogen-bond acceptors (Lipinski definition) is 5. The van der Waals surface area contributed by atoms with Gasteiger partial charge in [-0.05, 0) is 24.6 Å². The molecular weight excluding hydrogens is 332 g/mol. The molecule has 0 unspecified atom stereocenters. The molecule has 0 saturated heterocycles. The summed E-state index contributed by atoms with van der Waals surface area (Å²) >= 11 is 0. The highest BCUT2D eigenvalue weighted by molar-refractivity contribution is 6.00. The van der Waals surface area contributed by atoms with Gasteiger partial charge in [0.15, 0.2) is 11.5 Å². The molecule has 7 heteroatoms. The summed E-state index contributed by atoms with van der Waals surface area (Å²) in [5.74, 6) is 1.74. The van der Waals surface area contributed by atoms with Crippen LogP contribution in [0.5, 0.6) is 17.2 Å². The van der Waals surface area contributed by atoms with Crippen LogP contribution in [-0.2, 0) is 6.54 Å². The SMILES string of the molecule is COc1cc(C(C)=NNC(=N)NCc2ccccc2)cc(OC)c1OC. The van der Waals surface area contributed by atoms with Gasteiger partial charge in [0.25, 0.3) is 0 Å². The Kier molecular flexibility index (Phi) is 6.84. The van der Waals surface area contributed by atoms with Crippen molar-refractivity contribution in [3.8, 4) is 17.2 Å². The van der Waals surface area contributed by atoms with E-state index in [1.165, 1.54) is 0 Å². The Morgan fingerprint density at radius 1 is 1.00 bits per heavy atom. The quantitative estimate of drug-likeness (QED) is 0.403. The number of nitrogens with zero attached hydrogens (tertiary/aromatic N) is 1. The minimum absolute atomic E-state index is 0.112. The van der Waals surface area contributed by atoms with Crippen molar-refractivity contribution >= 4 is 11.7 Å². The van der Waals surface area contributed by atoms with Gasteiger partial charge < -0.3 is 19.5 Å². The highest BCUT2D eigenvalue weighted by atomic mass is 16.5. The molecule has 2 aromatic rings. The minimum Gasteiger partial charge on any atom is -0.493 e. The van der Waals surface area contributed by atoms with E-state index in [2.05, 4.69) is 15.8 Å². The van der Waals surface area contributed by atoms with Crippen molar-refractivity contribution in [3.05, 3.63) is 53.6 Å². The molecule has 0 aliphatic rings. The molecule has 2 aromatic carbocycles. The molecule has 2 rings (SSSR count). The molecule has 0 fully saturated rings. The maximum Gasteiger partial charge on any atom is 0.209 e. The third-order valence-corrected chi connectivity index (χ3v) is 3.73. The van der Waals surface area contributed by atoms with Crippen LogP contribution in [0.15, 0.2) is 47.6 Å². The Balaban J connectivity index is 2.05. The number of nitrogens with one attached hydrogen (secondary N) is 3. The van der Waals surface area contributed by atoms with E-state index in [1.54, 1.807) is 21.3 Å². The van der Waals surface area contributed by atoms with Gasteiger partial charge in [-0.25, -0.2) is 5.43 Å². The smallest absolute Gasteiger partial charge is 0.209 e. The van der Waals surface area contributed by atoms with Gasteiger partial charge in [-0.15, -0.1) is 0 Å². The van der Waals surface area contributed by atoms with Gasteiger partial charge in [0.2, 0.25) is 11.7 Å². The van der Waals surface area contributed by atoms with Gasteiger partial charge in [-0.1, -0.05) is 30.3 Å². The average Bonchev–Trinajstić information content (AvgIpc) is 2.69. The molecule has 0 amide bonds. The Labute approximate surface area is 153 Å². The number of benzene rings is 2. The minimum atomic E-state index is 0.112. The van der Waals surface area contributed by atoms with Crippen molar-refractivity contribution in [2.45, 2.75) is 13.5 Å². The topological polar surface area (TPSA) is 88.0 Å². The van der Waals surface area contributed by atoms with E-state index >= 15 is 0 Å². The fraction of sp³-hybridized carbons (Fsp3) is 0.263. The van der Waals surface area contributed by atoms with Crippen molar-refractivity contribution in [1.82, 2.24) is 10.7 Å². The van der Waals surface area contributed by atoms with Crippen LogP contribution in [0.2, 0.25) is 0 Å². The van der Waals surface area contributed by atoms with E-state index in [-0.39, 0.29) is 5.96 Å². The lowest BCUT2D eigenvalue weighted by atomic mass is 10.1. The number of ether oxygens (including phenoxy) is 3. The van der Waals surface area contributed by atoms with Crippen LogP contribution >= 0.6 is 0 Å². The lowest BCUT2D eigenvalue weighted by Crippen LogP contribution is -2.33. The monoisotopic (exact) mass is 356 g/mol. The summed E-state index contributed by atoms with van der Waals surface area (Å²) in [6, 6.07) is 13.5. The van der Waals surface area contributed by atoms with Crippen molar-refractivity contribution in [2.24, 2.45) is 5.10 Å². The first-order chi connectivity index (χ1) is 12.6. The van der Waals surface area contributed by atoms with E-state index in [1.807, 2.05) is 49.4 Å². The summed E-state index contributed by atoms with van der Waals surface area (Å²) in [5.41, 5.74) is 5.26. The van der Waals surface area contributed by atoms with Crippen LogP contribution in [0.25, 0.3) is 0 Å². The van der Waals surface area contributed by atoms with Crippen molar-refractivity contribution in [3.63, 3.8) is 0 Å². The highest BCUT2D eigenvalue weighted by Gasteiger charge is 2.14. The molecule has 138 valence electrons. The first-order valence-electron chi connectivity index (χ1n) is 8.06. The zero-order valence-electron chi connectivity index (χ0n) is 15.4. The summed E-state index contributed by atoms with van der Waals surface area (Å²) in [6.45, 7) is 2.38. The highest BCUT2D eigenvalue weighted by Crippen LogP contribution is 2.38. The van der Waals surface area contributed by atoms with Gasteiger partial charge in [0.05, 0.1) is 27.0 Å². The second kappa shape index (κ2) is 9.31. The zero-order chi connectivity index (χ0) is 18.9. The number of hydrogen-bond donors (Lipinski definition) is 3. The molecule has 0 atom stereocenters.